The molecular formula is C15H16BrN3O4S. The molecule has 1 fully saturated rings. The Morgan fingerprint density at radius 2 is 2.29 bits per heavy atom. The first-order valence-electron chi connectivity index (χ1n) is 7.32. The summed E-state index contributed by atoms with van der Waals surface area (Å²) in [5.41, 5.74) is 0.785. The van der Waals surface area contributed by atoms with E-state index in [4.69, 9.17) is 21.4 Å². The van der Waals surface area contributed by atoms with E-state index in [1.54, 1.807) is 4.90 Å². The van der Waals surface area contributed by atoms with Gasteiger partial charge in [-0.15, -0.1) is 5.10 Å². The predicted octanol–water partition coefficient (Wildman–Crippen LogP) is 2.20. The number of aromatic nitrogens is 2. The molecule has 1 aliphatic rings. The Labute approximate surface area is 152 Å². The zero-order chi connectivity index (χ0) is 17.3. The van der Waals surface area contributed by atoms with E-state index in [2.05, 4.69) is 21.0 Å². The van der Waals surface area contributed by atoms with Gasteiger partial charge in [0.1, 0.15) is 6.04 Å². The van der Waals surface area contributed by atoms with Crippen LogP contribution in [0.5, 0.6) is 0 Å². The van der Waals surface area contributed by atoms with E-state index in [1.807, 2.05) is 24.3 Å². The fraction of sp³-hybridized carbons (Fsp3) is 0.400. The van der Waals surface area contributed by atoms with Gasteiger partial charge in [0.15, 0.2) is 0 Å². The molecule has 128 valence electrons. The molecule has 2 atom stereocenters. The van der Waals surface area contributed by atoms with Gasteiger partial charge in [-0.3, -0.25) is 9.69 Å². The van der Waals surface area contributed by atoms with Gasteiger partial charge < -0.3 is 14.3 Å². The fourth-order valence-electron chi connectivity index (χ4n) is 2.73. The average molecular weight is 414 g/mol. The minimum absolute atomic E-state index is 0.200. The number of nitrogens with zero attached hydrogens (tertiary/aromatic N) is 3. The van der Waals surface area contributed by atoms with Crippen LogP contribution in [-0.4, -0.2) is 51.6 Å². The summed E-state index contributed by atoms with van der Waals surface area (Å²) in [5.74, 6) is 0.00873. The van der Waals surface area contributed by atoms with Gasteiger partial charge in [-0.05, 0) is 40.3 Å². The van der Waals surface area contributed by atoms with Gasteiger partial charge >= 0.3 is 5.97 Å². The van der Waals surface area contributed by atoms with Gasteiger partial charge in [0.2, 0.25) is 5.89 Å². The Hall–Kier alpha value is -1.55. The molecule has 0 bridgehead atoms. The molecule has 0 aliphatic carbocycles. The second-order valence-corrected chi connectivity index (χ2v) is 6.70. The number of aliphatic hydroxyl groups excluding tert-OH is 1. The zero-order valence-electron chi connectivity index (χ0n) is 12.9. The van der Waals surface area contributed by atoms with Gasteiger partial charge in [0.25, 0.3) is 4.84 Å². The molecule has 3 rings (SSSR count). The summed E-state index contributed by atoms with van der Waals surface area (Å²) in [7, 11) is 1.33. The van der Waals surface area contributed by atoms with Crippen molar-refractivity contribution in [3.63, 3.8) is 0 Å². The highest BCUT2D eigenvalue weighted by Gasteiger charge is 2.37. The topological polar surface area (TPSA) is 80.7 Å². The number of ether oxygens (including phenoxy) is 1. The summed E-state index contributed by atoms with van der Waals surface area (Å²) in [6.07, 6.45) is -0.257. The predicted molar refractivity (Wildman–Crippen MR) is 91.6 cm³/mol. The van der Waals surface area contributed by atoms with Crippen molar-refractivity contribution in [3.05, 3.63) is 33.6 Å². The Morgan fingerprint density at radius 3 is 3.00 bits per heavy atom. The standard InChI is InChI=1S/C15H16BrN3O4S/c1-22-14(21)12-6-9(20)7-18(12)8-19-15(24)23-13(17-19)10-4-2-3-5-11(10)16/h2-5,9,12,20H,6-8H2,1H3/t9-,12+/m1/s1. The lowest BCUT2D eigenvalue weighted by molar-refractivity contribution is -0.146. The van der Waals surface area contributed by atoms with Crippen molar-refractivity contribution >= 4 is 34.1 Å². The van der Waals surface area contributed by atoms with E-state index in [-0.39, 0.29) is 17.5 Å². The molecule has 1 N–H and O–H groups in total. The van der Waals surface area contributed by atoms with E-state index >= 15 is 0 Å². The second kappa shape index (κ2) is 7.14. The number of aliphatic hydroxyl groups is 1. The molecule has 1 aromatic heterocycles. The Bertz CT molecular complexity index is 806. The van der Waals surface area contributed by atoms with Crippen molar-refractivity contribution in [2.45, 2.75) is 25.2 Å². The smallest absolute Gasteiger partial charge is 0.323 e. The molecule has 2 heterocycles. The van der Waals surface area contributed by atoms with Crippen LogP contribution in [0.25, 0.3) is 11.5 Å². The molecule has 0 amide bonds. The number of likely N-dealkylation sites (tertiary alicyclic amines) is 1. The number of methoxy groups -OCH3 is 1. The van der Waals surface area contributed by atoms with E-state index in [0.717, 1.165) is 10.0 Å². The molecule has 7 nitrogen and oxygen atoms in total. The van der Waals surface area contributed by atoms with Crippen LogP contribution in [0.3, 0.4) is 0 Å². The van der Waals surface area contributed by atoms with Crippen LogP contribution < -0.4 is 0 Å². The summed E-state index contributed by atoms with van der Waals surface area (Å²) in [6.45, 7) is 0.586. The lowest BCUT2D eigenvalue weighted by Gasteiger charge is -2.21. The van der Waals surface area contributed by atoms with Crippen LogP contribution >= 0.6 is 28.1 Å². The third kappa shape index (κ3) is 3.44. The highest BCUT2D eigenvalue weighted by Crippen LogP contribution is 2.27. The minimum Gasteiger partial charge on any atom is -0.468 e. The summed E-state index contributed by atoms with van der Waals surface area (Å²) in [4.78, 5) is 13.8. The number of benzene rings is 1. The summed E-state index contributed by atoms with van der Waals surface area (Å²) in [5, 5.41) is 14.2. The molecular weight excluding hydrogens is 398 g/mol. The van der Waals surface area contributed by atoms with Crippen LogP contribution in [0, 0.1) is 4.84 Å². The third-order valence-electron chi connectivity index (χ3n) is 3.88. The quantitative estimate of drug-likeness (QED) is 0.607. The van der Waals surface area contributed by atoms with Crippen LogP contribution in [0.2, 0.25) is 0 Å². The first-order chi connectivity index (χ1) is 11.5. The highest BCUT2D eigenvalue weighted by molar-refractivity contribution is 9.10. The maximum atomic E-state index is 11.9. The van der Waals surface area contributed by atoms with Gasteiger partial charge in [-0.1, -0.05) is 12.1 Å². The maximum Gasteiger partial charge on any atom is 0.323 e. The second-order valence-electron chi connectivity index (χ2n) is 5.49. The van der Waals surface area contributed by atoms with Crippen molar-refractivity contribution in [3.8, 4) is 11.5 Å². The molecule has 24 heavy (non-hydrogen) atoms. The van der Waals surface area contributed by atoms with E-state index in [0.29, 0.717) is 18.9 Å². The number of hydrogen-bond donors (Lipinski definition) is 1. The lowest BCUT2D eigenvalue weighted by Crippen LogP contribution is -2.38. The van der Waals surface area contributed by atoms with Crippen molar-refractivity contribution in [2.24, 2.45) is 0 Å². The van der Waals surface area contributed by atoms with Gasteiger partial charge in [0, 0.05) is 17.4 Å². The molecule has 0 saturated carbocycles. The maximum absolute atomic E-state index is 11.9. The monoisotopic (exact) mass is 413 g/mol. The minimum atomic E-state index is -0.585. The Morgan fingerprint density at radius 1 is 1.54 bits per heavy atom. The lowest BCUT2D eigenvalue weighted by atomic mass is 10.2. The zero-order valence-corrected chi connectivity index (χ0v) is 15.3. The molecule has 0 radical (unpaired) electrons. The molecule has 1 aliphatic heterocycles. The van der Waals surface area contributed by atoms with Crippen molar-refractivity contribution in [1.82, 2.24) is 14.7 Å². The number of β-amino-alcohol motifs (C(OH)–C–C–N with tert-alkyl or cyclic N) is 1. The number of rotatable bonds is 4. The Kier molecular flexibility index (Phi) is 5.14. The summed E-state index contributed by atoms with van der Waals surface area (Å²) in [6, 6.07) is 7.01. The van der Waals surface area contributed by atoms with Crippen molar-refractivity contribution in [1.29, 1.82) is 0 Å². The van der Waals surface area contributed by atoms with Crippen LogP contribution in [0.1, 0.15) is 6.42 Å². The molecule has 1 saturated heterocycles. The third-order valence-corrected chi connectivity index (χ3v) is 4.87. The van der Waals surface area contributed by atoms with E-state index in [9.17, 15) is 9.90 Å². The van der Waals surface area contributed by atoms with Crippen molar-refractivity contribution in [2.75, 3.05) is 13.7 Å². The fourth-order valence-corrected chi connectivity index (χ4v) is 3.36. The number of carbonyl (C=O) groups excluding carboxylic acids is 1. The van der Waals surface area contributed by atoms with Gasteiger partial charge in [-0.2, -0.15) is 0 Å². The van der Waals surface area contributed by atoms with E-state index < -0.39 is 12.1 Å². The van der Waals surface area contributed by atoms with E-state index in [1.165, 1.54) is 11.8 Å². The van der Waals surface area contributed by atoms with Crippen LogP contribution in [-0.2, 0) is 16.2 Å². The average Bonchev–Trinajstić information content (AvgIpc) is 3.10. The summed E-state index contributed by atoms with van der Waals surface area (Å²) >= 11 is 8.68. The molecule has 0 spiro atoms. The van der Waals surface area contributed by atoms with Gasteiger partial charge in [0.05, 0.1) is 25.4 Å². The van der Waals surface area contributed by atoms with Crippen LogP contribution in [0.4, 0.5) is 0 Å². The first kappa shape index (κ1) is 17.3. The molecule has 9 heteroatoms. The number of hydrogen-bond acceptors (Lipinski definition) is 7. The molecule has 1 aromatic carbocycles. The highest BCUT2D eigenvalue weighted by atomic mass is 79.9. The molecule has 0 unspecified atom stereocenters. The molecule has 2 aromatic rings. The SMILES string of the molecule is COC(=O)[C@@H]1C[C@@H](O)CN1Cn1nc(-c2ccccc2Br)oc1=S. The van der Waals surface area contributed by atoms with Gasteiger partial charge in [-0.25, -0.2) is 4.68 Å². The normalized spacial score (nSPS) is 21.1. The van der Waals surface area contributed by atoms with Crippen LogP contribution in [0.15, 0.2) is 33.2 Å². The summed E-state index contributed by atoms with van der Waals surface area (Å²) < 4.78 is 12.7. The Balaban J connectivity index is 1.85. The van der Waals surface area contributed by atoms with Crippen molar-refractivity contribution < 1.29 is 19.1 Å². The number of esters is 1. The number of carbonyl (C=O) groups is 1. The first-order valence-corrected chi connectivity index (χ1v) is 8.52. The number of halogens is 1. The largest absolute Gasteiger partial charge is 0.468 e.